The molecule has 1 heterocycles. The maximum atomic E-state index is 11.0. The number of fused-ring (bicyclic) bond motifs is 2. The third-order valence-electron chi connectivity index (χ3n) is 4.35. The minimum atomic E-state index is -1.18. The second-order valence-corrected chi connectivity index (χ2v) is 5.55. The van der Waals surface area contributed by atoms with Crippen LogP contribution in [0.1, 0.15) is 36.2 Å². The summed E-state index contributed by atoms with van der Waals surface area (Å²) >= 11 is 0. The molecule has 3 atom stereocenters. The number of anilines is 1. The van der Waals surface area contributed by atoms with E-state index in [2.05, 4.69) is 10.3 Å². The Morgan fingerprint density at radius 2 is 2.20 bits per heavy atom. The van der Waals surface area contributed by atoms with Crippen molar-refractivity contribution in [2.24, 2.45) is 11.8 Å². The van der Waals surface area contributed by atoms with Crippen LogP contribution in [0.4, 0.5) is 11.5 Å². The zero-order valence-electron chi connectivity index (χ0n) is 10.8. The minimum Gasteiger partial charge on any atom is -0.477 e. The summed E-state index contributed by atoms with van der Waals surface area (Å²) in [6.07, 6.45) is 4.51. The van der Waals surface area contributed by atoms with E-state index in [1.165, 1.54) is 12.5 Å². The van der Waals surface area contributed by atoms with Gasteiger partial charge in [0.2, 0.25) is 5.82 Å². The number of aromatic nitrogens is 1. The Kier molecular flexibility index (Phi) is 3.04. The van der Waals surface area contributed by atoms with Gasteiger partial charge in [0.15, 0.2) is 5.69 Å². The molecule has 2 fully saturated rings. The summed E-state index contributed by atoms with van der Waals surface area (Å²) in [5, 5.41) is 23.1. The van der Waals surface area contributed by atoms with E-state index in [0.29, 0.717) is 11.8 Å². The molecule has 0 saturated heterocycles. The largest absolute Gasteiger partial charge is 0.477 e. The first-order valence-electron chi connectivity index (χ1n) is 6.70. The van der Waals surface area contributed by atoms with Gasteiger partial charge < -0.3 is 10.4 Å². The van der Waals surface area contributed by atoms with Crippen LogP contribution in [0.2, 0.25) is 0 Å². The summed E-state index contributed by atoms with van der Waals surface area (Å²) in [6.45, 7) is 0. The third-order valence-corrected chi connectivity index (χ3v) is 4.35. The van der Waals surface area contributed by atoms with Gasteiger partial charge in [-0.15, -0.1) is 0 Å². The highest BCUT2D eigenvalue weighted by atomic mass is 16.6. The van der Waals surface area contributed by atoms with E-state index >= 15 is 0 Å². The molecule has 0 spiro atoms. The second-order valence-electron chi connectivity index (χ2n) is 5.55. The number of carboxylic acid groups (broad SMARTS) is 1. The molecule has 2 aliphatic rings. The van der Waals surface area contributed by atoms with Crippen LogP contribution in [0.15, 0.2) is 12.1 Å². The average Bonchev–Trinajstić information content (AvgIpc) is 3.00. The van der Waals surface area contributed by atoms with Gasteiger partial charge in [-0.2, -0.15) is 0 Å². The molecule has 2 N–H and O–H groups in total. The van der Waals surface area contributed by atoms with E-state index in [9.17, 15) is 14.9 Å². The lowest BCUT2D eigenvalue weighted by molar-refractivity contribution is -0.384. The average molecular weight is 277 g/mol. The van der Waals surface area contributed by atoms with E-state index < -0.39 is 10.9 Å². The van der Waals surface area contributed by atoms with Crippen molar-refractivity contribution < 1.29 is 14.8 Å². The number of nitrogens with zero attached hydrogens (tertiary/aromatic N) is 2. The molecule has 7 heteroatoms. The first-order chi connectivity index (χ1) is 9.54. The van der Waals surface area contributed by atoms with Gasteiger partial charge in [-0.3, -0.25) is 10.1 Å². The number of nitro groups is 1. The zero-order chi connectivity index (χ0) is 14.3. The fourth-order valence-electron chi connectivity index (χ4n) is 3.42. The predicted molar refractivity (Wildman–Crippen MR) is 70.7 cm³/mol. The Balaban J connectivity index is 1.88. The van der Waals surface area contributed by atoms with E-state index in [0.717, 1.165) is 25.3 Å². The molecule has 0 radical (unpaired) electrons. The molecular formula is C13H15N3O4. The Bertz CT molecular complexity index is 575. The van der Waals surface area contributed by atoms with Gasteiger partial charge in [0, 0.05) is 12.1 Å². The number of hydrogen-bond acceptors (Lipinski definition) is 5. The van der Waals surface area contributed by atoms with Crippen molar-refractivity contribution in [2.45, 2.75) is 31.7 Å². The van der Waals surface area contributed by atoms with Gasteiger partial charge in [0.25, 0.3) is 0 Å². The molecule has 2 saturated carbocycles. The summed E-state index contributed by atoms with van der Waals surface area (Å²) in [6, 6.07) is 2.53. The lowest BCUT2D eigenvalue weighted by atomic mass is 9.95. The van der Waals surface area contributed by atoms with Crippen LogP contribution in [-0.2, 0) is 0 Å². The summed E-state index contributed by atoms with van der Waals surface area (Å²) in [5.74, 6) is 0.109. The number of aromatic carboxylic acids is 1. The monoisotopic (exact) mass is 277 g/mol. The maximum absolute atomic E-state index is 11.0. The van der Waals surface area contributed by atoms with E-state index in [1.807, 2.05) is 0 Å². The van der Waals surface area contributed by atoms with Crippen molar-refractivity contribution in [3.05, 3.63) is 27.9 Å². The summed E-state index contributed by atoms with van der Waals surface area (Å²) < 4.78 is 0. The molecule has 3 unspecified atom stereocenters. The van der Waals surface area contributed by atoms with Crippen molar-refractivity contribution in [3.8, 4) is 0 Å². The van der Waals surface area contributed by atoms with Crippen LogP contribution in [0, 0.1) is 22.0 Å². The molecule has 3 rings (SSSR count). The minimum absolute atomic E-state index is 0.0763. The summed E-state index contributed by atoms with van der Waals surface area (Å²) in [5.41, 5.74) is -0.348. The van der Waals surface area contributed by atoms with Gasteiger partial charge in [0.05, 0.1) is 4.92 Å². The van der Waals surface area contributed by atoms with E-state index in [1.54, 1.807) is 0 Å². The highest BCUT2D eigenvalue weighted by molar-refractivity contribution is 5.86. The van der Waals surface area contributed by atoms with Crippen molar-refractivity contribution in [1.82, 2.24) is 4.98 Å². The standard InChI is InChI=1S/C13H15N3O4/c17-13(18)9-3-4-11(16(19)20)12(14-9)15-10-6-7-1-2-8(10)5-7/h3-4,7-8,10H,1-2,5-6H2,(H,14,15)(H,17,18). The van der Waals surface area contributed by atoms with Gasteiger partial charge in [-0.1, -0.05) is 6.42 Å². The normalized spacial score (nSPS) is 27.5. The van der Waals surface area contributed by atoms with Crippen LogP contribution < -0.4 is 5.32 Å². The molecule has 2 aliphatic carbocycles. The zero-order valence-corrected chi connectivity index (χ0v) is 10.8. The molecule has 2 bridgehead atoms. The van der Waals surface area contributed by atoms with Crippen molar-refractivity contribution in [3.63, 3.8) is 0 Å². The highest BCUT2D eigenvalue weighted by Crippen LogP contribution is 2.45. The van der Waals surface area contributed by atoms with Crippen molar-refractivity contribution in [1.29, 1.82) is 0 Å². The molecule has 0 aromatic carbocycles. The molecule has 0 amide bonds. The SMILES string of the molecule is O=C(O)c1ccc([N+](=O)[O-])c(NC2CC3CCC2C3)n1. The second kappa shape index (κ2) is 4.73. The molecule has 1 aromatic heterocycles. The lowest BCUT2D eigenvalue weighted by Gasteiger charge is -2.23. The molecular weight excluding hydrogens is 262 g/mol. The molecule has 106 valence electrons. The predicted octanol–water partition coefficient (Wildman–Crippen LogP) is 2.29. The Morgan fingerprint density at radius 3 is 2.75 bits per heavy atom. The number of pyridine rings is 1. The molecule has 0 aliphatic heterocycles. The Hall–Kier alpha value is -2.18. The summed E-state index contributed by atoms with van der Waals surface area (Å²) in [7, 11) is 0. The maximum Gasteiger partial charge on any atom is 0.354 e. The smallest absolute Gasteiger partial charge is 0.354 e. The van der Waals surface area contributed by atoms with Crippen LogP contribution in [0.5, 0.6) is 0 Å². The third kappa shape index (κ3) is 2.19. The van der Waals surface area contributed by atoms with Crippen molar-refractivity contribution in [2.75, 3.05) is 5.32 Å². The molecule has 7 nitrogen and oxygen atoms in total. The van der Waals surface area contributed by atoms with Crippen molar-refractivity contribution >= 4 is 17.5 Å². The number of hydrogen-bond donors (Lipinski definition) is 2. The van der Waals surface area contributed by atoms with Gasteiger partial charge >= 0.3 is 11.7 Å². The van der Waals surface area contributed by atoms with Crippen LogP contribution in [0.25, 0.3) is 0 Å². The van der Waals surface area contributed by atoms with Gasteiger partial charge in [0.1, 0.15) is 0 Å². The van der Waals surface area contributed by atoms with E-state index in [4.69, 9.17) is 5.11 Å². The fourth-order valence-corrected chi connectivity index (χ4v) is 3.42. The van der Waals surface area contributed by atoms with Crippen LogP contribution in [-0.4, -0.2) is 27.0 Å². The van der Waals surface area contributed by atoms with Gasteiger partial charge in [-0.25, -0.2) is 9.78 Å². The number of rotatable bonds is 4. The first-order valence-corrected chi connectivity index (χ1v) is 6.70. The summed E-state index contributed by atoms with van der Waals surface area (Å²) in [4.78, 5) is 25.3. The number of carboxylic acids is 1. The van der Waals surface area contributed by atoms with Crippen LogP contribution in [0.3, 0.4) is 0 Å². The highest BCUT2D eigenvalue weighted by Gasteiger charge is 2.40. The number of carbonyl (C=O) groups is 1. The topological polar surface area (TPSA) is 105 Å². The number of nitrogens with one attached hydrogen (secondary N) is 1. The Labute approximate surface area is 115 Å². The first kappa shape index (κ1) is 12.8. The van der Waals surface area contributed by atoms with E-state index in [-0.39, 0.29) is 23.2 Å². The lowest BCUT2D eigenvalue weighted by Crippen LogP contribution is -2.27. The Morgan fingerprint density at radius 1 is 1.40 bits per heavy atom. The van der Waals surface area contributed by atoms with Crippen LogP contribution >= 0.6 is 0 Å². The van der Waals surface area contributed by atoms with Gasteiger partial charge in [-0.05, 0) is 37.2 Å². The fraction of sp³-hybridized carbons (Fsp3) is 0.538. The quantitative estimate of drug-likeness (QED) is 0.646. The molecule has 20 heavy (non-hydrogen) atoms. The molecule has 1 aromatic rings.